The van der Waals surface area contributed by atoms with Crippen molar-refractivity contribution in [2.45, 2.75) is 6.92 Å². The van der Waals surface area contributed by atoms with Gasteiger partial charge in [-0.15, -0.1) is 0 Å². The Labute approximate surface area is 74.8 Å². The fourth-order valence-corrected chi connectivity index (χ4v) is 1.01. The topological polar surface area (TPSA) is 49.4 Å². The molecule has 1 aromatic rings. The van der Waals surface area contributed by atoms with Crippen LogP contribution in [0.2, 0.25) is 0 Å². The number of hydrogen-bond donors (Lipinski definition) is 0. The normalized spacial score (nSPS) is 9.77. The van der Waals surface area contributed by atoms with E-state index in [2.05, 4.69) is 4.74 Å². The fraction of sp³-hybridized carbons (Fsp3) is 0.222. The van der Waals surface area contributed by atoms with Crippen molar-refractivity contribution in [1.82, 2.24) is 0 Å². The molecular formula is C9H8FO3-. The second-order valence-electron chi connectivity index (χ2n) is 2.56. The van der Waals surface area contributed by atoms with E-state index in [0.717, 1.165) is 0 Å². The van der Waals surface area contributed by atoms with Gasteiger partial charge in [0.2, 0.25) is 0 Å². The van der Waals surface area contributed by atoms with Crippen molar-refractivity contribution >= 4 is 5.97 Å². The lowest BCUT2D eigenvalue weighted by Gasteiger charge is -2.11. The smallest absolute Gasteiger partial charge is 0.168 e. The minimum absolute atomic E-state index is 0.273. The molecule has 0 aliphatic rings. The maximum Gasteiger partial charge on any atom is 0.168 e. The monoisotopic (exact) mass is 183 g/mol. The highest BCUT2D eigenvalue weighted by Gasteiger charge is 2.11. The van der Waals surface area contributed by atoms with E-state index in [1.807, 2.05) is 0 Å². The van der Waals surface area contributed by atoms with Crippen LogP contribution in [0.5, 0.6) is 5.75 Å². The van der Waals surface area contributed by atoms with Crippen LogP contribution in [0.4, 0.5) is 4.39 Å². The number of carbonyl (C=O) groups is 1. The van der Waals surface area contributed by atoms with Crippen molar-refractivity contribution in [1.29, 1.82) is 0 Å². The molecule has 1 rings (SSSR count). The van der Waals surface area contributed by atoms with Crippen molar-refractivity contribution < 1.29 is 19.0 Å². The van der Waals surface area contributed by atoms with Crippen molar-refractivity contribution in [2.75, 3.05) is 7.11 Å². The molecule has 0 saturated heterocycles. The number of aromatic carboxylic acids is 1. The fourth-order valence-electron chi connectivity index (χ4n) is 1.01. The number of carboxylic acids is 1. The van der Waals surface area contributed by atoms with Gasteiger partial charge in [0.1, 0.15) is 0 Å². The molecule has 0 aliphatic heterocycles. The summed E-state index contributed by atoms with van der Waals surface area (Å²) in [4.78, 5) is 10.5. The average Bonchev–Trinajstić information content (AvgIpc) is 2.09. The molecule has 70 valence electrons. The molecule has 0 spiro atoms. The van der Waals surface area contributed by atoms with Crippen LogP contribution < -0.4 is 9.84 Å². The van der Waals surface area contributed by atoms with E-state index in [9.17, 15) is 14.3 Å². The molecule has 0 radical (unpaired) electrons. The van der Waals surface area contributed by atoms with Gasteiger partial charge in [0.25, 0.3) is 0 Å². The molecule has 0 saturated carbocycles. The SMILES string of the molecule is COc1c(C(=O)[O-])ccc(C)c1F. The highest BCUT2D eigenvalue weighted by atomic mass is 19.1. The van der Waals surface area contributed by atoms with Gasteiger partial charge in [-0.25, -0.2) is 4.39 Å². The minimum atomic E-state index is -1.45. The quantitative estimate of drug-likeness (QED) is 0.671. The Bertz CT molecular complexity index is 347. The summed E-state index contributed by atoms with van der Waals surface area (Å²) < 4.78 is 17.8. The molecule has 4 heteroatoms. The number of hydrogen-bond acceptors (Lipinski definition) is 3. The molecule has 0 bridgehead atoms. The summed E-state index contributed by atoms with van der Waals surface area (Å²) in [6.45, 7) is 1.52. The van der Waals surface area contributed by atoms with Crippen LogP contribution in [-0.2, 0) is 0 Å². The third-order valence-corrected chi connectivity index (χ3v) is 1.71. The average molecular weight is 183 g/mol. The summed E-state index contributed by atoms with van der Waals surface area (Å²) >= 11 is 0. The van der Waals surface area contributed by atoms with Crippen LogP contribution in [0.3, 0.4) is 0 Å². The predicted octanol–water partition coefficient (Wildman–Crippen LogP) is 0.506. The zero-order valence-electron chi connectivity index (χ0n) is 7.26. The van der Waals surface area contributed by atoms with Crippen LogP contribution in [0.25, 0.3) is 0 Å². The standard InChI is InChI=1S/C9H9FO3/c1-5-3-4-6(9(11)12)8(13-2)7(5)10/h3-4H,1-2H3,(H,11,12)/p-1. The van der Waals surface area contributed by atoms with Gasteiger partial charge in [-0.3, -0.25) is 0 Å². The van der Waals surface area contributed by atoms with Gasteiger partial charge < -0.3 is 14.6 Å². The van der Waals surface area contributed by atoms with Crippen LogP contribution in [-0.4, -0.2) is 13.1 Å². The van der Waals surface area contributed by atoms with E-state index in [-0.39, 0.29) is 11.3 Å². The molecule has 0 heterocycles. The van der Waals surface area contributed by atoms with Gasteiger partial charge >= 0.3 is 0 Å². The molecule has 1 aromatic carbocycles. The molecule has 0 fully saturated rings. The number of carboxylic acid groups (broad SMARTS) is 1. The number of ether oxygens (including phenoxy) is 1. The largest absolute Gasteiger partial charge is 0.545 e. The minimum Gasteiger partial charge on any atom is -0.545 e. The van der Waals surface area contributed by atoms with E-state index < -0.39 is 11.8 Å². The van der Waals surface area contributed by atoms with Gasteiger partial charge in [0.15, 0.2) is 11.6 Å². The first kappa shape index (κ1) is 9.51. The molecule has 13 heavy (non-hydrogen) atoms. The second-order valence-corrected chi connectivity index (χ2v) is 2.56. The van der Waals surface area contributed by atoms with Crippen LogP contribution in [0, 0.1) is 12.7 Å². The second kappa shape index (κ2) is 3.43. The van der Waals surface area contributed by atoms with Crippen molar-refractivity contribution in [3.63, 3.8) is 0 Å². The van der Waals surface area contributed by atoms with Crippen molar-refractivity contribution in [3.8, 4) is 5.75 Å². The summed E-state index contributed by atoms with van der Waals surface area (Å²) in [5.74, 6) is -2.39. The van der Waals surface area contributed by atoms with E-state index in [1.54, 1.807) is 0 Å². The number of methoxy groups -OCH3 is 1. The maximum absolute atomic E-state index is 13.2. The van der Waals surface area contributed by atoms with E-state index >= 15 is 0 Å². The zero-order valence-corrected chi connectivity index (χ0v) is 7.26. The molecule has 0 aromatic heterocycles. The molecule has 0 atom stereocenters. The Balaban J connectivity index is 3.38. The number of halogens is 1. The van der Waals surface area contributed by atoms with E-state index in [4.69, 9.17) is 0 Å². The lowest BCUT2D eigenvalue weighted by molar-refractivity contribution is -0.255. The highest BCUT2D eigenvalue weighted by molar-refractivity contribution is 5.89. The van der Waals surface area contributed by atoms with Gasteiger partial charge in [-0.1, -0.05) is 6.07 Å². The third-order valence-electron chi connectivity index (χ3n) is 1.71. The van der Waals surface area contributed by atoms with Gasteiger partial charge in [-0.2, -0.15) is 0 Å². The predicted molar refractivity (Wildman–Crippen MR) is 42.0 cm³/mol. The van der Waals surface area contributed by atoms with E-state index in [1.165, 1.54) is 26.2 Å². The van der Waals surface area contributed by atoms with Crippen molar-refractivity contribution in [3.05, 3.63) is 29.1 Å². The number of aryl methyl sites for hydroxylation is 1. The van der Waals surface area contributed by atoms with Crippen LogP contribution >= 0.6 is 0 Å². The lowest BCUT2D eigenvalue weighted by Crippen LogP contribution is -2.23. The lowest BCUT2D eigenvalue weighted by atomic mass is 10.1. The Morgan fingerprint density at radius 1 is 1.54 bits per heavy atom. The number of carbonyl (C=O) groups excluding carboxylic acids is 1. The Kier molecular flexibility index (Phi) is 2.51. The van der Waals surface area contributed by atoms with Crippen LogP contribution in [0.1, 0.15) is 15.9 Å². The Hall–Kier alpha value is -1.58. The molecule has 3 nitrogen and oxygen atoms in total. The van der Waals surface area contributed by atoms with Crippen molar-refractivity contribution in [2.24, 2.45) is 0 Å². The van der Waals surface area contributed by atoms with Gasteiger partial charge in [-0.05, 0) is 18.6 Å². The summed E-state index contributed by atoms with van der Waals surface area (Å²) in [6.07, 6.45) is 0. The summed E-state index contributed by atoms with van der Waals surface area (Å²) in [5, 5.41) is 10.5. The highest BCUT2D eigenvalue weighted by Crippen LogP contribution is 2.24. The maximum atomic E-state index is 13.2. The first-order chi connectivity index (χ1) is 6.07. The van der Waals surface area contributed by atoms with Gasteiger partial charge in [0.05, 0.1) is 13.1 Å². The van der Waals surface area contributed by atoms with Gasteiger partial charge in [0, 0.05) is 5.56 Å². The number of rotatable bonds is 2. The zero-order chi connectivity index (χ0) is 10.0. The Morgan fingerprint density at radius 2 is 2.15 bits per heavy atom. The molecule has 0 aliphatic carbocycles. The number of benzene rings is 1. The molecule has 0 N–H and O–H groups in total. The van der Waals surface area contributed by atoms with Crippen LogP contribution in [0.15, 0.2) is 12.1 Å². The summed E-state index contributed by atoms with van der Waals surface area (Å²) in [5.41, 5.74) is 0.0625. The van der Waals surface area contributed by atoms with E-state index in [0.29, 0.717) is 5.56 Å². The summed E-state index contributed by atoms with van der Waals surface area (Å²) in [7, 11) is 1.21. The molecule has 0 unspecified atom stereocenters. The first-order valence-electron chi connectivity index (χ1n) is 3.62. The Morgan fingerprint density at radius 3 is 2.62 bits per heavy atom. The molecular weight excluding hydrogens is 175 g/mol. The third kappa shape index (κ3) is 1.61. The summed E-state index contributed by atoms with van der Waals surface area (Å²) in [6, 6.07) is 2.62. The first-order valence-corrected chi connectivity index (χ1v) is 3.62. The molecule has 0 amide bonds.